The number of carbonyl (C=O) groups is 3. The number of rotatable bonds is 4. The van der Waals surface area contributed by atoms with Gasteiger partial charge in [0, 0.05) is 30.3 Å². The van der Waals surface area contributed by atoms with Gasteiger partial charge in [0.05, 0.1) is 6.54 Å². The van der Waals surface area contributed by atoms with Crippen LogP contribution in [0.15, 0.2) is 47.0 Å². The number of aryl methyl sites for hydroxylation is 1. The van der Waals surface area contributed by atoms with E-state index in [2.05, 4.69) is 4.98 Å². The number of anilines is 1. The van der Waals surface area contributed by atoms with Gasteiger partial charge in [0.25, 0.3) is 5.91 Å². The molecule has 9 heteroatoms. The van der Waals surface area contributed by atoms with Crippen molar-refractivity contribution in [1.82, 2.24) is 9.88 Å². The highest BCUT2D eigenvalue weighted by Gasteiger charge is 2.46. The lowest BCUT2D eigenvalue weighted by Crippen LogP contribution is -2.55. The first-order valence-electron chi connectivity index (χ1n) is 11.9. The number of hydrogen-bond donors (Lipinski definition) is 0. The topological polar surface area (TPSA) is 102 Å². The molecular weight excluding hydrogens is 474 g/mol. The molecule has 0 bridgehead atoms. The van der Waals surface area contributed by atoms with E-state index < -0.39 is 23.2 Å². The third-order valence-electron chi connectivity index (χ3n) is 5.84. The van der Waals surface area contributed by atoms with Gasteiger partial charge < -0.3 is 18.8 Å². The number of fused-ring (bicyclic) bond motifs is 2. The monoisotopic (exact) mass is 505 g/mol. The van der Waals surface area contributed by atoms with E-state index in [9.17, 15) is 14.4 Å². The van der Waals surface area contributed by atoms with Crippen molar-refractivity contribution in [2.45, 2.75) is 59.3 Å². The Morgan fingerprint density at radius 1 is 1.22 bits per heavy atom. The van der Waals surface area contributed by atoms with Gasteiger partial charge in [-0.15, -0.1) is 0 Å². The van der Waals surface area contributed by atoms with Crippen LogP contribution in [0.25, 0.3) is 17.0 Å². The van der Waals surface area contributed by atoms with Gasteiger partial charge in [-0.05, 0) is 65.3 Å². The first kappa shape index (κ1) is 25.9. The highest BCUT2D eigenvalue weighted by molar-refractivity contribution is 6.16. The van der Waals surface area contributed by atoms with E-state index in [0.29, 0.717) is 12.1 Å². The van der Waals surface area contributed by atoms with Crippen LogP contribution in [0.2, 0.25) is 0 Å². The summed E-state index contributed by atoms with van der Waals surface area (Å²) in [5.74, 6) is 0.186. The molecule has 0 saturated carbocycles. The maximum atomic E-state index is 12.9. The zero-order valence-electron chi connectivity index (χ0n) is 22.1. The number of ether oxygens (including phenoxy) is 2. The summed E-state index contributed by atoms with van der Waals surface area (Å²) in [5, 5.41) is 1.02. The molecule has 2 aromatic heterocycles. The smallest absolute Gasteiger partial charge is 0.423 e. The van der Waals surface area contributed by atoms with Gasteiger partial charge in [-0.1, -0.05) is 18.2 Å². The largest absolute Gasteiger partial charge is 0.474 e. The molecule has 3 amide bonds. The molecule has 194 valence electrons. The summed E-state index contributed by atoms with van der Waals surface area (Å²) in [4.78, 5) is 45.2. The van der Waals surface area contributed by atoms with Crippen molar-refractivity contribution < 1.29 is 28.3 Å². The predicted molar refractivity (Wildman–Crippen MR) is 139 cm³/mol. The fourth-order valence-electron chi connectivity index (χ4n) is 3.91. The highest BCUT2D eigenvalue weighted by atomic mass is 16.6. The lowest BCUT2D eigenvalue weighted by Gasteiger charge is -2.37. The SMILES string of the molecule is Cc1c(CN(C)C(=O)C=Cc2cnc3c(c2)OC(C)(C)C(=O)N3C(=O)OC(C)(C)C)oc2ccccc12. The van der Waals surface area contributed by atoms with Crippen LogP contribution < -0.4 is 9.64 Å². The fraction of sp³-hybridized carbons (Fsp3) is 0.357. The third kappa shape index (κ3) is 5.35. The second-order valence-corrected chi connectivity index (χ2v) is 10.5. The second kappa shape index (κ2) is 9.38. The average Bonchev–Trinajstić information content (AvgIpc) is 3.12. The van der Waals surface area contributed by atoms with E-state index in [1.165, 1.54) is 12.3 Å². The number of benzene rings is 1. The Labute approximate surface area is 215 Å². The number of furan rings is 1. The normalized spacial score (nSPS) is 15.0. The average molecular weight is 506 g/mol. The van der Waals surface area contributed by atoms with Crippen molar-refractivity contribution in [2.24, 2.45) is 0 Å². The highest BCUT2D eigenvalue weighted by Crippen LogP contribution is 2.37. The molecule has 3 aromatic rings. The summed E-state index contributed by atoms with van der Waals surface area (Å²) in [7, 11) is 1.69. The molecule has 0 saturated heterocycles. The van der Waals surface area contributed by atoms with E-state index in [0.717, 1.165) is 27.2 Å². The van der Waals surface area contributed by atoms with Gasteiger partial charge in [0.1, 0.15) is 16.9 Å². The zero-order valence-corrected chi connectivity index (χ0v) is 22.1. The quantitative estimate of drug-likeness (QED) is 0.447. The zero-order chi connectivity index (χ0) is 27.1. The third-order valence-corrected chi connectivity index (χ3v) is 5.84. The summed E-state index contributed by atoms with van der Waals surface area (Å²) in [6, 6.07) is 9.38. The Morgan fingerprint density at radius 2 is 1.92 bits per heavy atom. The van der Waals surface area contributed by atoms with Crippen LogP contribution in [0.3, 0.4) is 0 Å². The Morgan fingerprint density at radius 3 is 2.59 bits per heavy atom. The van der Waals surface area contributed by atoms with Crippen molar-refractivity contribution in [2.75, 3.05) is 11.9 Å². The van der Waals surface area contributed by atoms with Crippen molar-refractivity contribution in [3.63, 3.8) is 0 Å². The maximum absolute atomic E-state index is 12.9. The summed E-state index contributed by atoms with van der Waals surface area (Å²) >= 11 is 0. The Balaban J connectivity index is 1.53. The number of hydrogen-bond acceptors (Lipinski definition) is 7. The van der Waals surface area contributed by atoms with Gasteiger partial charge in [0.2, 0.25) is 5.91 Å². The van der Waals surface area contributed by atoms with Crippen LogP contribution in [-0.2, 0) is 20.9 Å². The first-order valence-corrected chi connectivity index (χ1v) is 11.9. The van der Waals surface area contributed by atoms with Crippen LogP contribution in [0, 0.1) is 6.92 Å². The number of carbonyl (C=O) groups excluding carboxylic acids is 3. The van der Waals surface area contributed by atoms with Gasteiger partial charge in [-0.25, -0.2) is 9.78 Å². The Hall–Kier alpha value is -4.14. The lowest BCUT2D eigenvalue weighted by molar-refractivity contribution is -0.132. The molecule has 0 spiro atoms. The minimum atomic E-state index is -1.31. The van der Waals surface area contributed by atoms with Crippen molar-refractivity contribution in [1.29, 1.82) is 0 Å². The minimum Gasteiger partial charge on any atom is -0.474 e. The predicted octanol–water partition coefficient (Wildman–Crippen LogP) is 5.25. The number of imide groups is 1. The Kier molecular flexibility index (Phi) is 6.58. The van der Waals surface area contributed by atoms with Crippen LogP contribution in [-0.4, -0.2) is 46.0 Å². The van der Waals surface area contributed by atoms with Crippen LogP contribution in [0.4, 0.5) is 10.6 Å². The maximum Gasteiger partial charge on any atom is 0.423 e. The fourth-order valence-corrected chi connectivity index (χ4v) is 3.91. The number of nitrogens with zero attached hydrogens (tertiary/aromatic N) is 3. The van der Waals surface area contributed by atoms with Gasteiger partial charge >= 0.3 is 6.09 Å². The van der Waals surface area contributed by atoms with E-state index in [1.807, 2.05) is 31.2 Å². The molecule has 0 unspecified atom stereocenters. The van der Waals surface area contributed by atoms with Crippen LogP contribution in [0.1, 0.15) is 51.5 Å². The number of amides is 3. The van der Waals surface area contributed by atoms with Crippen LogP contribution >= 0.6 is 0 Å². The summed E-state index contributed by atoms with van der Waals surface area (Å²) in [6.45, 7) is 10.6. The Bertz CT molecular complexity index is 1410. The van der Waals surface area contributed by atoms with E-state index in [4.69, 9.17) is 13.9 Å². The molecule has 0 atom stereocenters. The molecule has 0 radical (unpaired) electrons. The molecule has 37 heavy (non-hydrogen) atoms. The molecule has 3 heterocycles. The summed E-state index contributed by atoms with van der Waals surface area (Å²) < 4.78 is 17.2. The molecular formula is C28H31N3O6. The van der Waals surface area contributed by atoms with Crippen molar-refractivity contribution >= 4 is 40.8 Å². The van der Waals surface area contributed by atoms with Crippen LogP contribution in [0.5, 0.6) is 5.75 Å². The molecule has 4 rings (SSSR count). The molecule has 1 aromatic carbocycles. The van der Waals surface area contributed by atoms with Gasteiger partial charge in [0.15, 0.2) is 17.2 Å². The van der Waals surface area contributed by atoms with Gasteiger partial charge in [-0.3, -0.25) is 9.59 Å². The number of para-hydroxylation sites is 1. The van der Waals surface area contributed by atoms with Crippen molar-refractivity contribution in [3.05, 3.63) is 59.5 Å². The number of aromatic nitrogens is 1. The first-order chi connectivity index (χ1) is 17.3. The molecule has 0 fully saturated rings. The second-order valence-electron chi connectivity index (χ2n) is 10.5. The van der Waals surface area contributed by atoms with E-state index in [1.54, 1.807) is 58.7 Å². The van der Waals surface area contributed by atoms with Crippen molar-refractivity contribution in [3.8, 4) is 5.75 Å². The summed E-state index contributed by atoms with van der Waals surface area (Å²) in [5.41, 5.74) is 0.245. The van der Waals surface area contributed by atoms with Gasteiger partial charge in [-0.2, -0.15) is 4.90 Å². The molecule has 1 aliphatic heterocycles. The molecule has 1 aliphatic rings. The molecule has 0 N–H and O–H groups in total. The standard InChI is InChI=1S/C28H31N3O6/c1-17-19-10-8-9-11-20(19)35-22(17)16-30(7)23(32)13-12-18-14-21-24(29-15-18)31(25(33)28(5,6)36-21)26(34)37-27(2,3)4/h8-15H,16H2,1-7H3. The number of pyridine rings is 1. The van der Waals surface area contributed by atoms with E-state index >= 15 is 0 Å². The minimum absolute atomic E-state index is 0.0412. The summed E-state index contributed by atoms with van der Waals surface area (Å²) in [6.07, 6.45) is 3.65. The molecule has 9 nitrogen and oxygen atoms in total. The lowest BCUT2D eigenvalue weighted by atomic mass is 10.1. The van der Waals surface area contributed by atoms with E-state index in [-0.39, 0.29) is 17.5 Å². The molecule has 0 aliphatic carbocycles. The number of likely N-dealkylation sites (N-methyl/N-ethyl adjacent to an activating group) is 1.